The molecule has 19 heavy (non-hydrogen) atoms. The van der Waals surface area contributed by atoms with Gasteiger partial charge in [-0.05, 0) is 26.0 Å². The Bertz CT molecular complexity index is 505. The zero-order valence-electron chi connectivity index (χ0n) is 10.9. The van der Waals surface area contributed by atoms with E-state index in [2.05, 4.69) is 5.32 Å². The fraction of sp³-hybridized carbons (Fsp3) is 0.385. The molecule has 6 heteroatoms. The number of amidine groups is 1. The van der Waals surface area contributed by atoms with E-state index in [-0.39, 0.29) is 11.1 Å². The fourth-order valence-electron chi connectivity index (χ4n) is 1.85. The van der Waals surface area contributed by atoms with Gasteiger partial charge in [0.2, 0.25) is 5.91 Å². The summed E-state index contributed by atoms with van der Waals surface area (Å²) in [5.41, 5.74) is 0.773. The van der Waals surface area contributed by atoms with Crippen molar-refractivity contribution in [1.29, 1.82) is 5.41 Å². The van der Waals surface area contributed by atoms with E-state index in [0.717, 1.165) is 5.56 Å². The van der Waals surface area contributed by atoms with Crippen molar-refractivity contribution in [2.45, 2.75) is 19.1 Å². The van der Waals surface area contributed by atoms with Crippen LogP contribution in [0.5, 0.6) is 11.5 Å². The van der Waals surface area contributed by atoms with Crippen LogP contribution in [0.2, 0.25) is 0 Å². The van der Waals surface area contributed by atoms with Crippen molar-refractivity contribution >= 4 is 22.8 Å². The Morgan fingerprint density at radius 1 is 1.32 bits per heavy atom. The number of rotatable bonds is 5. The number of carbonyl (C=O) groups is 1. The first-order chi connectivity index (χ1) is 9.15. The molecule has 0 aromatic heterocycles. The number of amides is 1. The lowest BCUT2D eigenvalue weighted by atomic mass is 10.1. The van der Waals surface area contributed by atoms with Gasteiger partial charge in [0, 0.05) is 11.6 Å². The van der Waals surface area contributed by atoms with E-state index in [1.54, 1.807) is 6.07 Å². The van der Waals surface area contributed by atoms with Crippen molar-refractivity contribution < 1.29 is 14.3 Å². The van der Waals surface area contributed by atoms with E-state index in [0.29, 0.717) is 24.7 Å². The van der Waals surface area contributed by atoms with Gasteiger partial charge in [0.25, 0.3) is 0 Å². The van der Waals surface area contributed by atoms with E-state index in [1.165, 1.54) is 11.8 Å². The maximum absolute atomic E-state index is 11.8. The Morgan fingerprint density at radius 2 is 2.05 bits per heavy atom. The van der Waals surface area contributed by atoms with Gasteiger partial charge in [0.05, 0.1) is 13.2 Å². The molecule has 1 heterocycles. The number of benzene rings is 1. The van der Waals surface area contributed by atoms with Crippen LogP contribution in [0.4, 0.5) is 0 Å². The Kier molecular flexibility index (Phi) is 4.31. The molecular weight excluding hydrogens is 264 g/mol. The van der Waals surface area contributed by atoms with E-state index in [1.807, 2.05) is 26.0 Å². The number of carbonyl (C=O) groups excluding carboxylic acids is 1. The molecule has 0 saturated carbocycles. The molecule has 2 rings (SSSR count). The highest BCUT2D eigenvalue weighted by Gasteiger charge is 2.33. The van der Waals surface area contributed by atoms with Crippen LogP contribution in [0.15, 0.2) is 18.2 Å². The summed E-state index contributed by atoms with van der Waals surface area (Å²) in [6.45, 7) is 4.89. The third-order valence-electron chi connectivity index (χ3n) is 2.59. The lowest BCUT2D eigenvalue weighted by Gasteiger charge is -2.14. The minimum atomic E-state index is -0.426. The monoisotopic (exact) mass is 280 g/mol. The zero-order chi connectivity index (χ0) is 13.8. The molecular formula is C13H16N2O3S. The smallest absolute Gasteiger partial charge is 0.244 e. The van der Waals surface area contributed by atoms with Crippen LogP contribution >= 0.6 is 11.8 Å². The molecule has 0 aliphatic carbocycles. The lowest BCUT2D eigenvalue weighted by Crippen LogP contribution is -2.21. The number of hydrogen-bond acceptors (Lipinski definition) is 5. The topological polar surface area (TPSA) is 71.4 Å². The van der Waals surface area contributed by atoms with Crippen molar-refractivity contribution in [3.8, 4) is 11.5 Å². The molecule has 5 nitrogen and oxygen atoms in total. The van der Waals surface area contributed by atoms with Gasteiger partial charge in [-0.1, -0.05) is 11.8 Å². The van der Waals surface area contributed by atoms with Crippen LogP contribution in [0, 0.1) is 5.41 Å². The molecule has 0 bridgehead atoms. The summed E-state index contributed by atoms with van der Waals surface area (Å²) in [6.07, 6.45) is 0. The maximum atomic E-state index is 11.8. The summed E-state index contributed by atoms with van der Waals surface area (Å²) in [5, 5.41) is 9.75. The van der Waals surface area contributed by atoms with Gasteiger partial charge in [0.15, 0.2) is 5.17 Å². The molecule has 1 atom stereocenters. The molecule has 2 N–H and O–H groups in total. The lowest BCUT2D eigenvalue weighted by molar-refractivity contribution is -0.118. The third kappa shape index (κ3) is 3.01. The molecule has 1 aromatic carbocycles. The Labute approximate surface area is 116 Å². The van der Waals surface area contributed by atoms with E-state index < -0.39 is 5.25 Å². The molecule has 1 amide bonds. The first kappa shape index (κ1) is 13.7. The van der Waals surface area contributed by atoms with Crippen LogP contribution < -0.4 is 14.8 Å². The van der Waals surface area contributed by atoms with Crippen molar-refractivity contribution in [3.63, 3.8) is 0 Å². The van der Waals surface area contributed by atoms with Crippen LogP contribution in [-0.4, -0.2) is 24.3 Å². The zero-order valence-corrected chi connectivity index (χ0v) is 11.7. The summed E-state index contributed by atoms with van der Waals surface area (Å²) in [4.78, 5) is 11.8. The Hall–Kier alpha value is -1.69. The molecule has 1 fully saturated rings. The van der Waals surface area contributed by atoms with Gasteiger partial charge in [-0.25, -0.2) is 0 Å². The highest BCUT2D eigenvalue weighted by Crippen LogP contribution is 2.40. The number of thioether (sulfide) groups is 1. The van der Waals surface area contributed by atoms with Gasteiger partial charge in [-0.2, -0.15) is 0 Å². The van der Waals surface area contributed by atoms with Crippen LogP contribution in [-0.2, 0) is 4.79 Å². The predicted molar refractivity (Wildman–Crippen MR) is 75.0 cm³/mol. The van der Waals surface area contributed by atoms with Gasteiger partial charge < -0.3 is 14.8 Å². The average molecular weight is 280 g/mol. The predicted octanol–water partition coefficient (Wildman–Crippen LogP) is 2.32. The van der Waals surface area contributed by atoms with Crippen molar-refractivity contribution in [2.75, 3.05) is 13.2 Å². The summed E-state index contributed by atoms with van der Waals surface area (Å²) in [6, 6.07) is 5.43. The molecule has 0 radical (unpaired) electrons. The highest BCUT2D eigenvalue weighted by atomic mass is 32.2. The minimum absolute atomic E-state index is 0.173. The van der Waals surface area contributed by atoms with Gasteiger partial charge in [-0.3, -0.25) is 10.2 Å². The molecule has 1 aromatic rings. The molecule has 1 unspecified atom stereocenters. The van der Waals surface area contributed by atoms with Crippen molar-refractivity contribution in [3.05, 3.63) is 23.8 Å². The minimum Gasteiger partial charge on any atom is -0.494 e. The van der Waals surface area contributed by atoms with E-state index in [4.69, 9.17) is 14.9 Å². The molecule has 102 valence electrons. The molecule has 1 aliphatic rings. The van der Waals surface area contributed by atoms with Gasteiger partial charge >= 0.3 is 0 Å². The Morgan fingerprint density at radius 3 is 2.63 bits per heavy atom. The SMILES string of the molecule is CCOc1ccc(C2SC(=N)NC2=O)c(OCC)c1. The second-order valence-corrected chi connectivity index (χ2v) is 5.00. The fourth-order valence-corrected chi connectivity index (χ4v) is 2.73. The van der Waals surface area contributed by atoms with E-state index >= 15 is 0 Å². The number of ether oxygens (including phenoxy) is 2. The third-order valence-corrected chi connectivity index (χ3v) is 3.63. The second kappa shape index (κ2) is 5.97. The van der Waals surface area contributed by atoms with Crippen LogP contribution in [0.25, 0.3) is 0 Å². The number of hydrogen-bond donors (Lipinski definition) is 2. The second-order valence-electron chi connectivity index (χ2n) is 3.88. The van der Waals surface area contributed by atoms with Crippen molar-refractivity contribution in [2.24, 2.45) is 0 Å². The maximum Gasteiger partial charge on any atom is 0.244 e. The highest BCUT2D eigenvalue weighted by molar-refractivity contribution is 8.15. The first-order valence-electron chi connectivity index (χ1n) is 6.11. The Balaban J connectivity index is 2.33. The quantitative estimate of drug-likeness (QED) is 0.868. The average Bonchev–Trinajstić information content (AvgIpc) is 2.70. The first-order valence-corrected chi connectivity index (χ1v) is 6.99. The summed E-state index contributed by atoms with van der Waals surface area (Å²) in [7, 11) is 0. The normalized spacial score (nSPS) is 18.3. The molecule has 1 saturated heterocycles. The van der Waals surface area contributed by atoms with Crippen LogP contribution in [0.1, 0.15) is 24.7 Å². The van der Waals surface area contributed by atoms with Gasteiger partial charge in [-0.15, -0.1) is 0 Å². The van der Waals surface area contributed by atoms with Gasteiger partial charge in [0.1, 0.15) is 16.7 Å². The largest absolute Gasteiger partial charge is 0.494 e. The summed E-state index contributed by atoms with van der Waals surface area (Å²) in [5.74, 6) is 1.17. The summed E-state index contributed by atoms with van der Waals surface area (Å²) >= 11 is 1.19. The van der Waals surface area contributed by atoms with Crippen molar-refractivity contribution in [1.82, 2.24) is 5.32 Å². The molecule has 0 spiro atoms. The van der Waals surface area contributed by atoms with E-state index in [9.17, 15) is 4.79 Å². The summed E-state index contributed by atoms with van der Waals surface area (Å²) < 4.78 is 11.0. The number of nitrogens with one attached hydrogen (secondary N) is 2. The van der Waals surface area contributed by atoms with Crippen LogP contribution in [0.3, 0.4) is 0 Å². The standard InChI is InChI=1S/C13H16N2O3S/c1-3-17-8-5-6-9(10(7-8)18-4-2)11-12(16)15-13(14)19-11/h5-7,11H,3-4H2,1-2H3,(H2,14,15,16). The molecule has 1 aliphatic heterocycles.